The number of hydrogen-bond acceptors (Lipinski definition) is 3. The maximum atomic E-state index is 12.6. The maximum Gasteiger partial charge on any atom is 0.286 e. The number of halogens is 1. The molecule has 130 valence electrons. The summed E-state index contributed by atoms with van der Waals surface area (Å²) < 4.78 is 1.84. The molecule has 0 aromatic carbocycles. The lowest BCUT2D eigenvalue weighted by atomic mass is 9.53. The second-order valence-electron chi connectivity index (χ2n) is 7.80. The molecule has 1 heterocycles. The minimum atomic E-state index is 0. The van der Waals surface area contributed by atoms with E-state index in [1.165, 1.54) is 44.7 Å². The van der Waals surface area contributed by atoms with Gasteiger partial charge in [0.1, 0.15) is 0 Å². The summed E-state index contributed by atoms with van der Waals surface area (Å²) in [6.07, 6.45) is 12.7. The van der Waals surface area contributed by atoms with Gasteiger partial charge in [-0.3, -0.25) is 4.79 Å². The molecule has 4 saturated carbocycles. The first-order valence-corrected chi connectivity index (χ1v) is 8.62. The lowest BCUT2D eigenvalue weighted by Crippen LogP contribution is -3.00. The number of pyridine rings is 1. The van der Waals surface area contributed by atoms with E-state index in [9.17, 15) is 4.79 Å². The van der Waals surface area contributed by atoms with Crippen molar-refractivity contribution in [2.75, 3.05) is 0 Å². The van der Waals surface area contributed by atoms with Gasteiger partial charge in [0.15, 0.2) is 12.4 Å². The third-order valence-electron chi connectivity index (χ3n) is 5.86. The van der Waals surface area contributed by atoms with E-state index in [0.717, 1.165) is 23.3 Å². The molecule has 5 rings (SSSR count). The lowest BCUT2D eigenvalue weighted by Gasteiger charge is -2.56. The fraction of sp³-hybridized carbons (Fsp3) is 0.611. The van der Waals surface area contributed by atoms with E-state index in [1.807, 2.05) is 29.1 Å². The van der Waals surface area contributed by atoms with Crippen molar-refractivity contribution in [3.63, 3.8) is 0 Å². The van der Waals surface area contributed by atoms with Gasteiger partial charge in [-0.1, -0.05) is 5.16 Å². The van der Waals surface area contributed by atoms with Gasteiger partial charge in [0.25, 0.3) is 5.91 Å². The number of nitrogens with one attached hydrogen (secondary N) is 1. The summed E-state index contributed by atoms with van der Waals surface area (Å²) in [5, 5.41) is 15.0. The normalized spacial score (nSPS) is 33.4. The Balaban J connectivity index is 0.00000169. The molecular formula is C18H24ClN3O2. The zero-order chi connectivity index (χ0) is 15.9. The molecule has 4 aliphatic rings. The van der Waals surface area contributed by atoms with E-state index in [4.69, 9.17) is 5.21 Å². The van der Waals surface area contributed by atoms with Gasteiger partial charge in [-0.25, -0.2) is 0 Å². The number of aromatic nitrogens is 1. The smallest absolute Gasteiger partial charge is 0.286 e. The van der Waals surface area contributed by atoms with Crippen LogP contribution in [0.15, 0.2) is 29.7 Å². The van der Waals surface area contributed by atoms with Gasteiger partial charge in [0.05, 0.1) is 11.8 Å². The molecule has 1 aromatic rings. The average Bonchev–Trinajstić information content (AvgIpc) is 2.45. The number of carbonyl (C=O) groups is 1. The Morgan fingerprint density at radius 1 is 1.29 bits per heavy atom. The van der Waals surface area contributed by atoms with Crippen LogP contribution in [0.2, 0.25) is 0 Å². The van der Waals surface area contributed by atoms with Gasteiger partial charge in [0, 0.05) is 11.6 Å². The molecule has 6 heteroatoms. The van der Waals surface area contributed by atoms with Crippen LogP contribution in [0.5, 0.6) is 0 Å². The van der Waals surface area contributed by atoms with Crippen molar-refractivity contribution < 1.29 is 27.0 Å². The highest BCUT2D eigenvalue weighted by molar-refractivity contribution is 5.78. The van der Waals surface area contributed by atoms with Crippen molar-refractivity contribution in [1.29, 1.82) is 0 Å². The molecule has 0 radical (unpaired) electrons. The molecular weight excluding hydrogens is 326 g/mol. The molecule has 0 aliphatic heterocycles. The van der Waals surface area contributed by atoms with Crippen molar-refractivity contribution in [3.05, 3.63) is 30.1 Å². The monoisotopic (exact) mass is 349 g/mol. The largest absolute Gasteiger partial charge is 1.00 e. The number of nitrogens with zero attached hydrogens (tertiary/aromatic N) is 2. The zero-order valence-corrected chi connectivity index (χ0v) is 14.5. The first-order valence-electron chi connectivity index (χ1n) is 8.62. The van der Waals surface area contributed by atoms with E-state index in [0.29, 0.717) is 6.54 Å². The molecule has 4 aliphatic carbocycles. The van der Waals surface area contributed by atoms with Crippen LogP contribution in [0, 0.1) is 17.8 Å². The molecule has 4 fully saturated rings. The van der Waals surface area contributed by atoms with Gasteiger partial charge < -0.3 is 22.9 Å². The number of amides is 1. The van der Waals surface area contributed by atoms with Crippen LogP contribution in [0.25, 0.3) is 0 Å². The summed E-state index contributed by atoms with van der Waals surface area (Å²) in [7, 11) is 0. The van der Waals surface area contributed by atoms with E-state index in [2.05, 4.69) is 10.5 Å². The van der Waals surface area contributed by atoms with Crippen LogP contribution in [0.1, 0.15) is 44.1 Å². The number of carbonyl (C=O) groups excluding carboxylic acids is 1. The summed E-state index contributed by atoms with van der Waals surface area (Å²) in [5.74, 6) is 2.59. The molecule has 4 bridgehead atoms. The van der Waals surface area contributed by atoms with Crippen LogP contribution in [-0.2, 0) is 11.3 Å². The SMILES string of the molecule is O=C(C[n+]1cccc(C=NO)c1)NC12CC3CC(CC(C3)C1)C2.[Cl-]. The summed E-state index contributed by atoms with van der Waals surface area (Å²) in [6.45, 7) is 0.314. The minimum absolute atomic E-state index is 0. The first-order chi connectivity index (χ1) is 11.1. The van der Waals surface area contributed by atoms with E-state index in [-0.39, 0.29) is 23.9 Å². The van der Waals surface area contributed by atoms with Crippen LogP contribution < -0.4 is 22.3 Å². The summed E-state index contributed by atoms with van der Waals surface area (Å²) in [5.41, 5.74) is 0.842. The Kier molecular flexibility index (Phi) is 4.81. The van der Waals surface area contributed by atoms with E-state index in [1.54, 1.807) is 0 Å². The zero-order valence-electron chi connectivity index (χ0n) is 13.7. The third kappa shape index (κ3) is 3.41. The predicted molar refractivity (Wildman–Crippen MR) is 85.1 cm³/mol. The maximum absolute atomic E-state index is 12.6. The molecule has 1 amide bonds. The highest BCUT2D eigenvalue weighted by Gasteiger charge is 2.51. The van der Waals surface area contributed by atoms with Crippen molar-refractivity contribution in [2.24, 2.45) is 22.9 Å². The highest BCUT2D eigenvalue weighted by Crippen LogP contribution is 2.55. The Labute approximate surface area is 148 Å². The lowest BCUT2D eigenvalue weighted by molar-refractivity contribution is -0.684. The van der Waals surface area contributed by atoms with Gasteiger partial charge >= 0.3 is 0 Å². The molecule has 0 saturated heterocycles. The van der Waals surface area contributed by atoms with Gasteiger partial charge in [-0.05, 0) is 62.3 Å². The minimum Gasteiger partial charge on any atom is -1.00 e. The molecule has 2 N–H and O–H groups in total. The van der Waals surface area contributed by atoms with E-state index < -0.39 is 0 Å². The molecule has 0 spiro atoms. The molecule has 1 aromatic heterocycles. The summed E-state index contributed by atoms with van der Waals surface area (Å²) in [4.78, 5) is 12.6. The highest BCUT2D eigenvalue weighted by atomic mass is 35.5. The summed E-state index contributed by atoms with van der Waals surface area (Å²) in [6, 6.07) is 3.70. The third-order valence-corrected chi connectivity index (χ3v) is 5.86. The first kappa shape index (κ1) is 17.2. The van der Waals surface area contributed by atoms with Crippen molar-refractivity contribution in [3.8, 4) is 0 Å². The second-order valence-corrected chi connectivity index (χ2v) is 7.80. The van der Waals surface area contributed by atoms with Crippen LogP contribution in [0.4, 0.5) is 0 Å². The van der Waals surface area contributed by atoms with Gasteiger partial charge in [-0.15, -0.1) is 0 Å². The number of hydrogen-bond donors (Lipinski definition) is 2. The Morgan fingerprint density at radius 2 is 1.92 bits per heavy atom. The van der Waals surface area contributed by atoms with Crippen molar-refractivity contribution in [2.45, 2.75) is 50.6 Å². The fourth-order valence-electron chi connectivity index (χ4n) is 5.55. The van der Waals surface area contributed by atoms with Crippen LogP contribution in [-0.4, -0.2) is 22.9 Å². The standard InChI is InChI=1S/C18H23N3O2.ClH/c22-17(12-21-3-1-2-13(11-21)10-19-23)20-18-7-14-4-15(8-18)6-16(5-14)9-18;/h1-3,10-11,14-16H,4-9,12H2,(H-,20,22,23);1H. The van der Waals surface area contributed by atoms with Crippen LogP contribution >= 0.6 is 0 Å². The Bertz CT molecular complexity index is 612. The number of rotatable bonds is 4. The number of oxime groups is 1. The topological polar surface area (TPSA) is 65.6 Å². The fourth-order valence-corrected chi connectivity index (χ4v) is 5.55. The average molecular weight is 350 g/mol. The molecule has 0 atom stereocenters. The van der Waals surface area contributed by atoms with E-state index >= 15 is 0 Å². The Morgan fingerprint density at radius 3 is 2.50 bits per heavy atom. The quantitative estimate of drug-likeness (QED) is 0.313. The van der Waals surface area contributed by atoms with Gasteiger partial charge in [0.2, 0.25) is 6.54 Å². The van der Waals surface area contributed by atoms with Gasteiger partial charge in [-0.2, -0.15) is 4.57 Å². The van der Waals surface area contributed by atoms with Crippen molar-refractivity contribution in [1.82, 2.24) is 5.32 Å². The molecule has 0 unspecified atom stereocenters. The van der Waals surface area contributed by atoms with Crippen molar-refractivity contribution >= 4 is 12.1 Å². The molecule has 24 heavy (non-hydrogen) atoms. The molecule has 5 nitrogen and oxygen atoms in total. The Hall–Kier alpha value is -1.62. The second kappa shape index (κ2) is 6.71. The predicted octanol–water partition coefficient (Wildman–Crippen LogP) is -1.13. The van der Waals surface area contributed by atoms with Crippen LogP contribution in [0.3, 0.4) is 0 Å². The summed E-state index contributed by atoms with van der Waals surface area (Å²) >= 11 is 0.